The van der Waals surface area contributed by atoms with Gasteiger partial charge in [0.05, 0.1) is 48.2 Å². The number of hydrogen-bond donors (Lipinski definition) is 3. The van der Waals surface area contributed by atoms with Crippen molar-refractivity contribution in [2.24, 2.45) is 0 Å². The van der Waals surface area contributed by atoms with Crippen molar-refractivity contribution >= 4 is 38.4 Å². The van der Waals surface area contributed by atoms with Crippen LogP contribution < -0.4 is 10.5 Å². The second-order valence-electron chi connectivity index (χ2n) is 10.8. The zero-order valence-corrected chi connectivity index (χ0v) is 25.1. The molecule has 1 aliphatic heterocycles. The van der Waals surface area contributed by atoms with Crippen molar-refractivity contribution in [3.05, 3.63) is 100 Å². The van der Waals surface area contributed by atoms with E-state index >= 15 is 0 Å². The van der Waals surface area contributed by atoms with E-state index in [-0.39, 0.29) is 36.1 Å². The molecule has 44 heavy (non-hydrogen) atoms. The number of halogens is 1. The van der Waals surface area contributed by atoms with Gasteiger partial charge in [-0.3, -0.25) is 14.5 Å². The van der Waals surface area contributed by atoms with E-state index in [0.29, 0.717) is 47.8 Å². The lowest BCUT2D eigenvalue weighted by Crippen LogP contribution is -2.43. The maximum absolute atomic E-state index is 13.5. The summed E-state index contributed by atoms with van der Waals surface area (Å²) >= 11 is 0. The van der Waals surface area contributed by atoms with Gasteiger partial charge in [-0.1, -0.05) is 12.1 Å². The summed E-state index contributed by atoms with van der Waals surface area (Å²) < 4.78 is 49.8. The van der Waals surface area contributed by atoms with Crippen molar-refractivity contribution in [2.45, 2.75) is 26.7 Å². The summed E-state index contributed by atoms with van der Waals surface area (Å²) in [6.45, 7) is 4.99. The van der Waals surface area contributed by atoms with Crippen LogP contribution in [0.15, 0.2) is 60.9 Å². The Morgan fingerprint density at radius 2 is 1.80 bits per heavy atom. The normalized spacial score (nSPS) is 14.2. The Kier molecular flexibility index (Phi) is 7.93. The Bertz CT molecular complexity index is 1960. The number of carbonyl (C=O) groups is 1. The maximum Gasteiger partial charge on any atom is 0.301 e. The van der Waals surface area contributed by atoms with Gasteiger partial charge < -0.3 is 15.5 Å². The number of aryl methyl sites for hydroxylation is 4. The third kappa shape index (κ3) is 5.94. The van der Waals surface area contributed by atoms with Crippen molar-refractivity contribution in [3.63, 3.8) is 0 Å². The first-order valence-corrected chi connectivity index (χ1v) is 15.6. The molecule has 1 aliphatic rings. The minimum absolute atomic E-state index is 0.174. The first-order valence-electron chi connectivity index (χ1n) is 14.2. The molecule has 1 saturated heterocycles. The molecule has 0 unspecified atom stereocenters. The number of aromatic nitrogens is 4. The number of nitrogens with one attached hydrogen (secondary N) is 2. The Balaban J connectivity index is 1.20. The van der Waals surface area contributed by atoms with Crippen LogP contribution in [0.4, 0.5) is 15.9 Å². The number of nitrogens with zero attached hydrogens (tertiary/aromatic N) is 4. The van der Waals surface area contributed by atoms with Crippen LogP contribution in [0.2, 0.25) is 0 Å². The largest absolute Gasteiger partial charge is 0.383 e. The van der Waals surface area contributed by atoms with E-state index in [4.69, 9.17) is 10.5 Å². The van der Waals surface area contributed by atoms with E-state index in [1.54, 1.807) is 37.4 Å². The summed E-state index contributed by atoms with van der Waals surface area (Å²) in [5.74, 6) is -0.437. The van der Waals surface area contributed by atoms with Crippen molar-refractivity contribution < 1.29 is 22.3 Å². The molecule has 0 spiro atoms. The first-order chi connectivity index (χ1) is 21.1. The lowest BCUT2D eigenvalue weighted by Gasteiger charge is -2.26. The molecule has 2 aromatic carbocycles. The van der Waals surface area contributed by atoms with Crippen LogP contribution in [0.25, 0.3) is 16.6 Å². The van der Waals surface area contributed by atoms with E-state index in [9.17, 15) is 17.6 Å². The molecular formula is C31H32FN7O4S. The number of rotatable bonds is 9. The molecule has 0 aliphatic carbocycles. The van der Waals surface area contributed by atoms with Crippen LogP contribution in [0.3, 0.4) is 0 Å². The Hall–Kier alpha value is -4.59. The zero-order valence-electron chi connectivity index (χ0n) is 24.3. The Morgan fingerprint density at radius 3 is 2.52 bits per heavy atom. The molecule has 13 heteroatoms. The fourth-order valence-corrected chi connectivity index (χ4v) is 6.53. The molecule has 3 aromatic heterocycles. The standard InChI is InChI=1S/C31H32FN7O4S/c1-19-13-22-15-28(36-27(22)16-26(19)37-44(41,42)38-9-11-43-12-10-38)30(40)25-17-35-39(31(25)33)29-18-34-24(14-20(29)2)8-5-21-3-6-23(32)7-4-21/h3-4,6-7,13-18,36-37H,5,8-12,33H2,1-2H3. The number of hydrogen-bond acceptors (Lipinski definition) is 7. The predicted octanol–water partition coefficient (Wildman–Crippen LogP) is 4.09. The highest BCUT2D eigenvalue weighted by molar-refractivity contribution is 7.90. The van der Waals surface area contributed by atoms with Crippen molar-refractivity contribution in [1.82, 2.24) is 24.1 Å². The summed E-state index contributed by atoms with van der Waals surface area (Å²) in [6.07, 6.45) is 4.51. The molecule has 1 fully saturated rings. The van der Waals surface area contributed by atoms with Gasteiger partial charge >= 0.3 is 10.2 Å². The van der Waals surface area contributed by atoms with Gasteiger partial charge in [0.25, 0.3) is 0 Å². The van der Waals surface area contributed by atoms with Crippen LogP contribution in [-0.4, -0.2) is 64.6 Å². The topological polar surface area (TPSA) is 148 Å². The number of nitrogens with two attached hydrogens (primary N) is 1. The Morgan fingerprint density at radius 1 is 1.05 bits per heavy atom. The summed E-state index contributed by atoms with van der Waals surface area (Å²) in [5.41, 5.74) is 12.1. The lowest BCUT2D eigenvalue weighted by atomic mass is 10.1. The molecule has 0 radical (unpaired) electrons. The number of ketones is 1. The smallest absolute Gasteiger partial charge is 0.301 e. The van der Waals surface area contributed by atoms with Crippen LogP contribution in [0, 0.1) is 19.7 Å². The van der Waals surface area contributed by atoms with Crippen LogP contribution in [-0.2, 0) is 27.8 Å². The minimum Gasteiger partial charge on any atom is -0.383 e. The van der Waals surface area contributed by atoms with Gasteiger partial charge in [0, 0.05) is 29.7 Å². The third-order valence-corrected chi connectivity index (χ3v) is 9.28. The van der Waals surface area contributed by atoms with E-state index in [1.807, 2.05) is 19.1 Å². The summed E-state index contributed by atoms with van der Waals surface area (Å²) in [6, 6.07) is 13.6. The molecule has 228 valence electrons. The maximum atomic E-state index is 13.5. The van der Waals surface area contributed by atoms with Gasteiger partial charge in [-0.15, -0.1) is 0 Å². The molecule has 0 atom stereocenters. The van der Waals surface area contributed by atoms with E-state index in [0.717, 1.165) is 28.6 Å². The van der Waals surface area contributed by atoms with Gasteiger partial charge in [0.2, 0.25) is 5.78 Å². The number of fused-ring (bicyclic) bond motifs is 1. The number of pyridine rings is 1. The van der Waals surface area contributed by atoms with Gasteiger partial charge in [0.1, 0.15) is 11.6 Å². The van der Waals surface area contributed by atoms with Gasteiger partial charge in [-0.25, -0.2) is 9.07 Å². The fourth-order valence-electron chi connectivity index (χ4n) is 5.28. The zero-order chi connectivity index (χ0) is 31.0. The fraction of sp³-hybridized carbons (Fsp3) is 0.258. The average Bonchev–Trinajstić information content (AvgIpc) is 3.60. The number of anilines is 2. The number of nitrogen functional groups attached to an aromatic ring is 1. The number of H-pyrrole nitrogens is 1. The number of benzene rings is 2. The molecule has 6 rings (SSSR count). The highest BCUT2D eigenvalue weighted by Crippen LogP contribution is 2.28. The summed E-state index contributed by atoms with van der Waals surface area (Å²) in [4.78, 5) is 21.2. The monoisotopic (exact) mass is 617 g/mol. The van der Waals surface area contributed by atoms with Crippen molar-refractivity contribution in [2.75, 3.05) is 36.8 Å². The third-order valence-electron chi connectivity index (χ3n) is 7.76. The van der Waals surface area contributed by atoms with Gasteiger partial charge in [-0.05, 0) is 79.8 Å². The SMILES string of the molecule is Cc1cc2cc(C(=O)c3cnn(-c4cnc(CCc5ccc(F)cc5)cc4C)c3N)[nH]c2cc1NS(=O)(=O)N1CCOCC1. The van der Waals surface area contributed by atoms with E-state index < -0.39 is 10.2 Å². The lowest BCUT2D eigenvalue weighted by molar-refractivity contribution is 0.0733. The van der Waals surface area contributed by atoms with Crippen LogP contribution in [0.1, 0.15) is 38.4 Å². The highest BCUT2D eigenvalue weighted by atomic mass is 32.2. The van der Waals surface area contributed by atoms with Gasteiger partial charge in [0.15, 0.2) is 0 Å². The summed E-state index contributed by atoms with van der Waals surface area (Å²) in [7, 11) is -3.76. The molecule has 0 saturated carbocycles. The van der Waals surface area contributed by atoms with E-state index in [2.05, 4.69) is 19.8 Å². The van der Waals surface area contributed by atoms with Crippen molar-refractivity contribution in [3.8, 4) is 5.69 Å². The predicted molar refractivity (Wildman–Crippen MR) is 166 cm³/mol. The molecule has 4 heterocycles. The quantitative estimate of drug-likeness (QED) is 0.211. The van der Waals surface area contributed by atoms with E-state index in [1.165, 1.54) is 27.3 Å². The first kappa shape index (κ1) is 29.5. The van der Waals surface area contributed by atoms with Crippen LogP contribution in [0.5, 0.6) is 0 Å². The molecule has 0 amide bonds. The molecule has 11 nitrogen and oxygen atoms in total. The number of carbonyl (C=O) groups excluding carboxylic acids is 1. The molecule has 4 N–H and O–H groups in total. The van der Waals surface area contributed by atoms with Gasteiger partial charge in [-0.2, -0.15) is 17.8 Å². The second-order valence-corrected chi connectivity index (χ2v) is 12.5. The van der Waals surface area contributed by atoms with Crippen LogP contribution >= 0.6 is 0 Å². The molecule has 5 aromatic rings. The average molecular weight is 618 g/mol. The number of morpholine rings is 1. The molecule has 0 bridgehead atoms. The minimum atomic E-state index is -3.76. The summed E-state index contributed by atoms with van der Waals surface area (Å²) in [5, 5.41) is 5.14. The van der Waals surface area contributed by atoms with Crippen molar-refractivity contribution in [1.29, 1.82) is 0 Å². The highest BCUT2D eigenvalue weighted by Gasteiger charge is 2.25. The Labute approximate surface area is 254 Å². The second kappa shape index (κ2) is 11.8. The number of ether oxygens (including phenoxy) is 1. The molecular weight excluding hydrogens is 585 g/mol. The number of aromatic amines is 1.